The second-order valence-corrected chi connectivity index (χ2v) is 6.51. The van der Waals surface area contributed by atoms with Crippen LogP contribution in [-0.4, -0.2) is 41.0 Å². The number of hydrogen-bond acceptors (Lipinski definition) is 5. The van der Waals surface area contributed by atoms with Gasteiger partial charge in [-0.1, -0.05) is 0 Å². The first kappa shape index (κ1) is 15.9. The number of piperidine rings is 1. The lowest BCUT2D eigenvalue weighted by Crippen LogP contribution is -2.44. The number of rotatable bonds is 4. The Balaban J connectivity index is 2.12. The van der Waals surface area contributed by atoms with E-state index >= 15 is 0 Å². The van der Waals surface area contributed by atoms with Crippen LogP contribution in [0.25, 0.3) is 0 Å². The van der Waals surface area contributed by atoms with Gasteiger partial charge in [0.15, 0.2) is 0 Å². The fraction of sp³-hybridized carbons (Fsp3) is 0.667. The van der Waals surface area contributed by atoms with Crippen molar-refractivity contribution >= 4 is 23.2 Å². The molecule has 1 atom stereocenters. The van der Waals surface area contributed by atoms with Crippen LogP contribution in [-0.2, 0) is 9.53 Å². The number of carbonyl (C=O) groups excluding carboxylic acids is 2. The molecule has 116 valence electrons. The zero-order valence-electron chi connectivity index (χ0n) is 12.8. The van der Waals surface area contributed by atoms with Crippen LogP contribution >= 0.6 is 11.3 Å². The third-order valence-electron chi connectivity index (χ3n) is 3.69. The third kappa shape index (κ3) is 3.81. The van der Waals surface area contributed by atoms with Crippen molar-refractivity contribution in [3.8, 4) is 0 Å². The molecule has 5 nitrogen and oxygen atoms in total. The minimum Gasteiger partial charge on any atom is -0.466 e. The van der Waals surface area contributed by atoms with Crippen LogP contribution in [0.4, 0.5) is 0 Å². The maximum Gasteiger partial charge on any atom is 0.307 e. The van der Waals surface area contributed by atoms with Gasteiger partial charge in [0.25, 0.3) is 5.91 Å². The molecule has 21 heavy (non-hydrogen) atoms. The van der Waals surface area contributed by atoms with Gasteiger partial charge in [0.1, 0.15) is 4.88 Å². The molecule has 1 aromatic rings. The minimum atomic E-state index is -0.223. The van der Waals surface area contributed by atoms with Crippen molar-refractivity contribution in [1.82, 2.24) is 9.88 Å². The maximum atomic E-state index is 12.7. The summed E-state index contributed by atoms with van der Waals surface area (Å²) in [5.41, 5.74) is 0.781. The van der Waals surface area contributed by atoms with Crippen molar-refractivity contribution in [2.75, 3.05) is 13.2 Å². The predicted octanol–water partition coefficient (Wildman–Crippen LogP) is 2.71. The van der Waals surface area contributed by atoms with Crippen LogP contribution in [0.1, 0.15) is 53.0 Å². The summed E-state index contributed by atoms with van der Waals surface area (Å²) in [7, 11) is 0. The largest absolute Gasteiger partial charge is 0.466 e. The van der Waals surface area contributed by atoms with Gasteiger partial charge in [0.2, 0.25) is 0 Å². The van der Waals surface area contributed by atoms with Crippen molar-refractivity contribution in [3.63, 3.8) is 0 Å². The Morgan fingerprint density at radius 1 is 1.38 bits per heavy atom. The van der Waals surface area contributed by atoms with Crippen LogP contribution in [0.5, 0.6) is 0 Å². The number of aryl methyl sites for hydroxylation is 2. The van der Waals surface area contributed by atoms with E-state index in [9.17, 15) is 9.59 Å². The fourth-order valence-electron chi connectivity index (χ4n) is 2.75. The quantitative estimate of drug-likeness (QED) is 0.802. The molecule has 2 heterocycles. The number of nitrogens with zero attached hydrogens (tertiary/aromatic N) is 2. The molecule has 0 aromatic carbocycles. The SMILES string of the molecule is CCOC(=O)C[C@@H]1CCCCN1C(=O)c1sc(C)nc1C. The van der Waals surface area contributed by atoms with Crippen molar-refractivity contribution in [2.24, 2.45) is 0 Å². The first-order valence-corrected chi connectivity index (χ1v) is 8.25. The summed E-state index contributed by atoms with van der Waals surface area (Å²) in [6.07, 6.45) is 3.19. The summed E-state index contributed by atoms with van der Waals surface area (Å²) < 4.78 is 5.02. The van der Waals surface area contributed by atoms with Crippen molar-refractivity contribution in [1.29, 1.82) is 0 Å². The highest BCUT2D eigenvalue weighted by molar-refractivity contribution is 7.13. The van der Waals surface area contributed by atoms with E-state index in [2.05, 4.69) is 4.98 Å². The monoisotopic (exact) mass is 310 g/mol. The van der Waals surface area contributed by atoms with E-state index in [1.54, 1.807) is 6.92 Å². The van der Waals surface area contributed by atoms with E-state index in [1.165, 1.54) is 11.3 Å². The first-order valence-electron chi connectivity index (χ1n) is 7.43. The van der Waals surface area contributed by atoms with Crippen LogP contribution < -0.4 is 0 Å². The molecule has 1 fully saturated rings. The summed E-state index contributed by atoms with van der Waals surface area (Å²) in [6, 6.07) is -0.0490. The average molecular weight is 310 g/mol. The van der Waals surface area contributed by atoms with Gasteiger partial charge in [0.05, 0.1) is 23.7 Å². The number of thiazole rings is 1. The smallest absolute Gasteiger partial charge is 0.307 e. The van der Waals surface area contributed by atoms with Gasteiger partial charge in [-0.15, -0.1) is 11.3 Å². The highest BCUT2D eigenvalue weighted by Gasteiger charge is 2.31. The highest BCUT2D eigenvalue weighted by atomic mass is 32.1. The lowest BCUT2D eigenvalue weighted by molar-refractivity contribution is -0.144. The Kier molecular flexibility index (Phi) is 5.33. The number of carbonyl (C=O) groups is 2. The van der Waals surface area contributed by atoms with Gasteiger partial charge in [-0.2, -0.15) is 0 Å². The number of esters is 1. The number of aromatic nitrogens is 1. The van der Waals surface area contributed by atoms with Crippen molar-refractivity contribution in [2.45, 2.75) is 52.5 Å². The predicted molar refractivity (Wildman–Crippen MR) is 81.5 cm³/mol. The molecule has 1 amide bonds. The molecular formula is C15H22N2O3S. The van der Waals surface area contributed by atoms with Gasteiger partial charge in [-0.3, -0.25) is 9.59 Å². The van der Waals surface area contributed by atoms with Crippen LogP contribution in [0, 0.1) is 13.8 Å². The van der Waals surface area contributed by atoms with Gasteiger partial charge in [-0.05, 0) is 40.0 Å². The second kappa shape index (κ2) is 7.02. The molecule has 0 spiro atoms. The molecule has 0 saturated carbocycles. The van der Waals surface area contributed by atoms with Crippen LogP contribution in [0.3, 0.4) is 0 Å². The lowest BCUT2D eigenvalue weighted by Gasteiger charge is -2.35. The van der Waals surface area contributed by atoms with E-state index in [1.807, 2.05) is 18.7 Å². The topological polar surface area (TPSA) is 59.5 Å². The molecule has 1 aliphatic rings. The molecule has 0 N–H and O–H groups in total. The van der Waals surface area contributed by atoms with Gasteiger partial charge < -0.3 is 9.64 Å². The Labute approximate surface area is 129 Å². The molecule has 0 unspecified atom stereocenters. The van der Waals surface area contributed by atoms with E-state index in [-0.39, 0.29) is 24.3 Å². The minimum absolute atomic E-state index is 0.00657. The molecule has 1 aliphatic heterocycles. The normalized spacial score (nSPS) is 18.6. The zero-order valence-corrected chi connectivity index (χ0v) is 13.7. The second-order valence-electron chi connectivity index (χ2n) is 5.30. The molecular weight excluding hydrogens is 288 g/mol. The number of hydrogen-bond donors (Lipinski definition) is 0. The summed E-state index contributed by atoms with van der Waals surface area (Å²) in [5, 5.41) is 0.898. The molecule has 1 aromatic heterocycles. The maximum absolute atomic E-state index is 12.7. The van der Waals surface area contributed by atoms with Gasteiger partial charge in [0, 0.05) is 12.6 Å². The molecule has 0 radical (unpaired) electrons. The standard InChI is InChI=1S/C15H22N2O3S/c1-4-20-13(18)9-12-7-5-6-8-17(12)15(19)14-10(2)16-11(3)21-14/h12H,4-9H2,1-3H3/t12-/m0/s1. The Bertz CT molecular complexity index is 527. The first-order chi connectivity index (χ1) is 10.0. The average Bonchev–Trinajstić information content (AvgIpc) is 2.78. The summed E-state index contributed by atoms with van der Waals surface area (Å²) >= 11 is 1.43. The third-order valence-corrected chi connectivity index (χ3v) is 4.75. The lowest BCUT2D eigenvalue weighted by atomic mass is 9.99. The van der Waals surface area contributed by atoms with E-state index < -0.39 is 0 Å². The zero-order chi connectivity index (χ0) is 15.4. The van der Waals surface area contributed by atoms with Crippen molar-refractivity contribution in [3.05, 3.63) is 15.6 Å². The molecule has 1 saturated heterocycles. The van der Waals surface area contributed by atoms with Crippen LogP contribution in [0.2, 0.25) is 0 Å². The fourth-order valence-corrected chi connectivity index (χ4v) is 3.63. The van der Waals surface area contributed by atoms with Crippen molar-refractivity contribution < 1.29 is 14.3 Å². The van der Waals surface area contributed by atoms with Crippen LogP contribution in [0.15, 0.2) is 0 Å². The number of amides is 1. The highest BCUT2D eigenvalue weighted by Crippen LogP contribution is 2.26. The Morgan fingerprint density at radius 2 is 2.14 bits per heavy atom. The number of ether oxygens (including phenoxy) is 1. The molecule has 2 rings (SSSR count). The molecule has 0 aliphatic carbocycles. The van der Waals surface area contributed by atoms with Gasteiger partial charge in [-0.25, -0.2) is 4.98 Å². The molecule has 6 heteroatoms. The Morgan fingerprint density at radius 3 is 2.76 bits per heavy atom. The summed E-state index contributed by atoms with van der Waals surface area (Å²) in [6.45, 7) is 6.65. The summed E-state index contributed by atoms with van der Waals surface area (Å²) in [4.78, 5) is 31.3. The van der Waals surface area contributed by atoms with Gasteiger partial charge >= 0.3 is 5.97 Å². The molecule has 0 bridgehead atoms. The van der Waals surface area contributed by atoms with E-state index in [0.29, 0.717) is 18.0 Å². The number of likely N-dealkylation sites (tertiary alicyclic amines) is 1. The van der Waals surface area contributed by atoms with E-state index in [4.69, 9.17) is 4.74 Å². The summed E-state index contributed by atoms with van der Waals surface area (Å²) in [5.74, 6) is -0.216. The van der Waals surface area contributed by atoms with E-state index in [0.717, 1.165) is 30.0 Å². The Hall–Kier alpha value is -1.43.